The Hall–Kier alpha value is -1.40. The summed E-state index contributed by atoms with van der Waals surface area (Å²) < 4.78 is 13.6. The first-order valence-corrected chi connectivity index (χ1v) is 7.99. The fourth-order valence-electron chi connectivity index (χ4n) is 1.60. The molecule has 3 nitrogen and oxygen atoms in total. The van der Waals surface area contributed by atoms with E-state index in [1.165, 1.54) is 35.2 Å². The van der Waals surface area contributed by atoms with Gasteiger partial charge in [0, 0.05) is 18.1 Å². The van der Waals surface area contributed by atoms with Gasteiger partial charge < -0.3 is 5.32 Å². The van der Waals surface area contributed by atoms with E-state index >= 15 is 0 Å². The van der Waals surface area contributed by atoms with Crippen LogP contribution in [0.1, 0.15) is 12.5 Å². The van der Waals surface area contributed by atoms with Gasteiger partial charge in [-0.15, -0.1) is 11.3 Å². The molecule has 0 fully saturated rings. The Bertz CT molecular complexity index is 543. The maximum Gasteiger partial charge on any atom is 0.233 e. The van der Waals surface area contributed by atoms with Gasteiger partial charge in [-0.05, 0) is 31.0 Å². The number of thioether (sulfide) groups is 1. The Kier molecular flexibility index (Phi) is 5.55. The Morgan fingerprint density at radius 1 is 1.45 bits per heavy atom. The third kappa shape index (κ3) is 4.61. The van der Waals surface area contributed by atoms with Crippen LogP contribution in [0.3, 0.4) is 0 Å². The minimum atomic E-state index is -0.244. The zero-order valence-corrected chi connectivity index (χ0v) is 12.6. The van der Waals surface area contributed by atoms with Gasteiger partial charge in [0.2, 0.25) is 5.91 Å². The van der Waals surface area contributed by atoms with Gasteiger partial charge in [0.05, 0.1) is 5.25 Å². The second kappa shape index (κ2) is 7.40. The summed E-state index contributed by atoms with van der Waals surface area (Å²) in [4.78, 5) is 16.0. The van der Waals surface area contributed by atoms with Gasteiger partial charge in [0.25, 0.3) is 0 Å². The molecule has 1 heterocycles. The fourth-order valence-corrected chi connectivity index (χ4v) is 3.39. The molecule has 1 N–H and O–H groups in total. The molecule has 1 aromatic heterocycles. The molecule has 2 aromatic rings. The van der Waals surface area contributed by atoms with Crippen molar-refractivity contribution in [2.24, 2.45) is 0 Å². The maximum absolute atomic E-state index is 12.7. The number of benzene rings is 1. The molecule has 0 aliphatic heterocycles. The zero-order valence-electron chi connectivity index (χ0n) is 11.0. The highest BCUT2D eigenvalue weighted by Crippen LogP contribution is 2.24. The fraction of sp³-hybridized carbons (Fsp3) is 0.286. The van der Waals surface area contributed by atoms with Crippen molar-refractivity contribution in [1.82, 2.24) is 10.3 Å². The van der Waals surface area contributed by atoms with Gasteiger partial charge in [-0.2, -0.15) is 0 Å². The number of carbonyl (C=O) groups excluding carboxylic acids is 1. The monoisotopic (exact) mass is 310 g/mol. The van der Waals surface area contributed by atoms with Crippen molar-refractivity contribution in [1.29, 1.82) is 0 Å². The molecule has 0 unspecified atom stereocenters. The molecule has 0 aliphatic carbocycles. The molecular weight excluding hydrogens is 295 g/mol. The largest absolute Gasteiger partial charge is 0.355 e. The first-order chi connectivity index (χ1) is 9.65. The predicted octanol–water partition coefficient (Wildman–Crippen LogP) is 3.12. The third-order valence-corrected chi connectivity index (χ3v) is 4.70. The number of thiazole rings is 1. The smallest absolute Gasteiger partial charge is 0.233 e. The van der Waals surface area contributed by atoms with Crippen LogP contribution in [-0.2, 0) is 11.2 Å². The van der Waals surface area contributed by atoms with Crippen LogP contribution >= 0.6 is 23.1 Å². The second-order valence-corrected chi connectivity index (χ2v) is 6.71. The summed E-state index contributed by atoms with van der Waals surface area (Å²) >= 11 is 2.98. The molecule has 1 atom stereocenters. The van der Waals surface area contributed by atoms with Crippen LogP contribution in [0.2, 0.25) is 0 Å². The first kappa shape index (κ1) is 15.0. The van der Waals surface area contributed by atoms with Crippen LogP contribution in [0, 0.1) is 5.82 Å². The molecule has 0 radical (unpaired) electrons. The van der Waals surface area contributed by atoms with Crippen LogP contribution < -0.4 is 5.32 Å². The summed E-state index contributed by atoms with van der Waals surface area (Å²) in [5.74, 6) is -0.251. The average molecular weight is 310 g/mol. The van der Waals surface area contributed by atoms with Crippen LogP contribution in [0.4, 0.5) is 4.39 Å². The van der Waals surface area contributed by atoms with E-state index in [0.717, 1.165) is 9.90 Å². The standard InChI is InChI=1S/C14H15FN2OS2/c1-10(20-14-17-8-9-19-14)13(18)16-7-6-11-2-4-12(15)5-3-11/h2-5,8-10H,6-7H2,1H3,(H,16,18)/t10-/m1/s1. The number of amides is 1. The van der Waals surface area contributed by atoms with Crippen LogP contribution in [0.25, 0.3) is 0 Å². The van der Waals surface area contributed by atoms with Gasteiger partial charge in [0.15, 0.2) is 4.34 Å². The van der Waals surface area contributed by atoms with E-state index in [9.17, 15) is 9.18 Å². The summed E-state index contributed by atoms with van der Waals surface area (Å²) in [5.41, 5.74) is 1.01. The number of aromatic nitrogens is 1. The molecule has 0 saturated heterocycles. The quantitative estimate of drug-likeness (QED) is 0.834. The number of hydrogen-bond donors (Lipinski definition) is 1. The van der Waals surface area contributed by atoms with Crippen molar-refractivity contribution >= 4 is 29.0 Å². The van der Waals surface area contributed by atoms with Crippen LogP contribution in [0.15, 0.2) is 40.2 Å². The lowest BCUT2D eigenvalue weighted by Gasteiger charge is -2.10. The lowest BCUT2D eigenvalue weighted by molar-refractivity contribution is -0.120. The lowest BCUT2D eigenvalue weighted by atomic mass is 10.1. The first-order valence-electron chi connectivity index (χ1n) is 6.23. The number of nitrogens with zero attached hydrogens (tertiary/aromatic N) is 1. The maximum atomic E-state index is 12.7. The molecule has 0 spiro atoms. The summed E-state index contributed by atoms with van der Waals surface area (Å²) in [6.07, 6.45) is 2.42. The molecular formula is C14H15FN2OS2. The van der Waals surface area contributed by atoms with E-state index in [-0.39, 0.29) is 17.0 Å². The van der Waals surface area contributed by atoms with Crippen LogP contribution in [-0.4, -0.2) is 22.7 Å². The molecule has 0 bridgehead atoms. The molecule has 6 heteroatoms. The molecule has 1 aromatic carbocycles. The van der Waals surface area contributed by atoms with Gasteiger partial charge in [-0.3, -0.25) is 4.79 Å². The summed E-state index contributed by atoms with van der Waals surface area (Å²) in [5, 5.41) is 4.60. The van der Waals surface area contributed by atoms with Crippen molar-refractivity contribution in [2.75, 3.05) is 6.54 Å². The highest BCUT2D eigenvalue weighted by atomic mass is 32.2. The van der Waals surface area contributed by atoms with Crippen molar-refractivity contribution < 1.29 is 9.18 Å². The number of rotatable bonds is 6. The number of halogens is 1. The molecule has 2 rings (SSSR count). The Balaban J connectivity index is 1.73. The summed E-state index contributed by atoms with van der Waals surface area (Å²) in [6, 6.07) is 6.32. The minimum absolute atomic E-state index is 0.00712. The third-order valence-electron chi connectivity index (χ3n) is 2.68. The Morgan fingerprint density at radius 3 is 2.85 bits per heavy atom. The minimum Gasteiger partial charge on any atom is -0.355 e. The van der Waals surface area contributed by atoms with E-state index in [2.05, 4.69) is 10.3 Å². The van der Waals surface area contributed by atoms with Gasteiger partial charge in [-0.1, -0.05) is 23.9 Å². The summed E-state index contributed by atoms with van der Waals surface area (Å²) in [7, 11) is 0. The van der Waals surface area contributed by atoms with E-state index in [4.69, 9.17) is 0 Å². The number of nitrogens with one attached hydrogen (secondary N) is 1. The molecule has 20 heavy (non-hydrogen) atoms. The van der Waals surface area contributed by atoms with E-state index in [1.807, 2.05) is 12.3 Å². The highest BCUT2D eigenvalue weighted by Gasteiger charge is 2.14. The average Bonchev–Trinajstić information content (AvgIpc) is 2.93. The van der Waals surface area contributed by atoms with E-state index < -0.39 is 0 Å². The van der Waals surface area contributed by atoms with Crippen molar-refractivity contribution in [3.05, 3.63) is 47.2 Å². The van der Waals surface area contributed by atoms with E-state index in [1.54, 1.807) is 18.3 Å². The van der Waals surface area contributed by atoms with Gasteiger partial charge in [0.1, 0.15) is 5.82 Å². The number of carbonyl (C=O) groups is 1. The summed E-state index contributed by atoms with van der Waals surface area (Å²) in [6.45, 7) is 2.41. The predicted molar refractivity (Wildman–Crippen MR) is 80.5 cm³/mol. The Morgan fingerprint density at radius 2 is 2.20 bits per heavy atom. The van der Waals surface area contributed by atoms with Gasteiger partial charge in [-0.25, -0.2) is 9.37 Å². The highest BCUT2D eigenvalue weighted by molar-refractivity contribution is 8.02. The van der Waals surface area contributed by atoms with Crippen LogP contribution in [0.5, 0.6) is 0 Å². The molecule has 0 aliphatic rings. The van der Waals surface area contributed by atoms with Gasteiger partial charge >= 0.3 is 0 Å². The van der Waals surface area contributed by atoms with Crippen molar-refractivity contribution in [3.8, 4) is 0 Å². The number of hydrogen-bond acceptors (Lipinski definition) is 4. The lowest BCUT2D eigenvalue weighted by Crippen LogP contribution is -2.32. The SMILES string of the molecule is C[C@@H](Sc1nccs1)C(=O)NCCc1ccc(F)cc1. The second-order valence-electron chi connectivity index (χ2n) is 4.23. The molecule has 106 valence electrons. The van der Waals surface area contributed by atoms with Crippen molar-refractivity contribution in [2.45, 2.75) is 22.9 Å². The topological polar surface area (TPSA) is 42.0 Å². The molecule has 0 saturated carbocycles. The zero-order chi connectivity index (χ0) is 14.4. The molecule has 1 amide bonds. The Labute approximate surface area is 125 Å². The van der Waals surface area contributed by atoms with E-state index in [0.29, 0.717) is 13.0 Å². The van der Waals surface area contributed by atoms with Crippen molar-refractivity contribution in [3.63, 3.8) is 0 Å². The normalized spacial score (nSPS) is 12.1.